The van der Waals surface area contributed by atoms with Gasteiger partial charge in [-0.1, -0.05) is 54.1 Å². The highest BCUT2D eigenvalue weighted by Gasteiger charge is 2.19. The van der Waals surface area contributed by atoms with Gasteiger partial charge in [-0.3, -0.25) is 4.79 Å². The molecule has 0 aliphatic carbocycles. The molecule has 7 heteroatoms. The second-order valence-corrected chi connectivity index (χ2v) is 8.11. The van der Waals surface area contributed by atoms with Crippen molar-refractivity contribution in [3.8, 4) is 11.5 Å². The Labute approximate surface area is 197 Å². The van der Waals surface area contributed by atoms with Gasteiger partial charge >= 0.3 is 5.97 Å². The zero-order chi connectivity index (χ0) is 23.2. The summed E-state index contributed by atoms with van der Waals surface area (Å²) in [5.41, 5.74) is 3.73. The zero-order valence-corrected chi connectivity index (χ0v) is 18.9. The van der Waals surface area contributed by atoms with Crippen LogP contribution in [0.5, 0.6) is 11.5 Å². The third-order valence-corrected chi connectivity index (χ3v) is 5.89. The van der Waals surface area contributed by atoms with Gasteiger partial charge in [0.05, 0.1) is 7.11 Å². The van der Waals surface area contributed by atoms with E-state index in [1.807, 2.05) is 72.9 Å². The molecule has 3 N–H and O–H groups in total. The zero-order valence-electron chi connectivity index (χ0n) is 18.2. The Morgan fingerprint density at radius 2 is 1.85 bits per heavy atom. The molecule has 1 unspecified atom stereocenters. The van der Waals surface area contributed by atoms with Crippen LogP contribution in [0.15, 0.2) is 72.9 Å². The fourth-order valence-electron chi connectivity index (χ4n) is 3.72. The number of ether oxygens (including phenoxy) is 2. The highest BCUT2D eigenvalue weighted by molar-refractivity contribution is 6.31. The molecule has 6 nitrogen and oxygen atoms in total. The van der Waals surface area contributed by atoms with E-state index in [9.17, 15) is 9.90 Å². The van der Waals surface area contributed by atoms with E-state index in [-0.39, 0.29) is 0 Å². The van der Waals surface area contributed by atoms with Gasteiger partial charge in [0.1, 0.15) is 12.6 Å². The first-order valence-corrected chi connectivity index (χ1v) is 11.0. The largest absolute Gasteiger partial charge is 0.493 e. The number of carbonyl (C=O) groups is 1. The lowest BCUT2D eigenvalue weighted by atomic mass is 10.0. The van der Waals surface area contributed by atoms with Gasteiger partial charge < -0.3 is 24.9 Å². The summed E-state index contributed by atoms with van der Waals surface area (Å²) in [5, 5.41) is 14.6. The molecule has 0 bridgehead atoms. The van der Waals surface area contributed by atoms with Gasteiger partial charge in [0.15, 0.2) is 11.5 Å². The van der Waals surface area contributed by atoms with E-state index < -0.39 is 12.0 Å². The molecule has 0 saturated carbocycles. The van der Waals surface area contributed by atoms with Crippen LogP contribution in [0.25, 0.3) is 10.9 Å². The van der Waals surface area contributed by atoms with Crippen molar-refractivity contribution in [1.82, 2.24) is 10.3 Å². The number of hydrogen-bond donors (Lipinski definition) is 3. The number of fused-ring (bicyclic) bond motifs is 1. The van der Waals surface area contributed by atoms with Crippen LogP contribution in [0.1, 0.15) is 16.7 Å². The van der Waals surface area contributed by atoms with Gasteiger partial charge in [0.25, 0.3) is 0 Å². The number of aliphatic carboxylic acids is 1. The number of halogens is 1. The first-order valence-electron chi connectivity index (χ1n) is 10.6. The Morgan fingerprint density at radius 1 is 1.06 bits per heavy atom. The summed E-state index contributed by atoms with van der Waals surface area (Å²) in [6.45, 7) is 0.694. The van der Waals surface area contributed by atoms with Crippen molar-refractivity contribution in [2.75, 3.05) is 7.11 Å². The Bertz CT molecular complexity index is 1250. The lowest BCUT2D eigenvalue weighted by molar-refractivity contribution is -0.139. The third-order valence-electron chi connectivity index (χ3n) is 5.52. The first kappa shape index (κ1) is 22.7. The van der Waals surface area contributed by atoms with E-state index in [2.05, 4.69) is 10.3 Å². The normalized spacial score (nSPS) is 11.9. The van der Waals surface area contributed by atoms with E-state index in [0.717, 1.165) is 27.6 Å². The molecular formula is C26H25ClN2O4. The summed E-state index contributed by atoms with van der Waals surface area (Å²) in [7, 11) is 1.58. The van der Waals surface area contributed by atoms with Crippen LogP contribution in [-0.2, 0) is 24.4 Å². The predicted molar refractivity (Wildman–Crippen MR) is 129 cm³/mol. The molecule has 0 spiro atoms. The van der Waals surface area contributed by atoms with Gasteiger partial charge in [0, 0.05) is 40.7 Å². The number of aromatic amines is 1. The summed E-state index contributed by atoms with van der Waals surface area (Å²) in [6, 6.07) is 20.2. The van der Waals surface area contributed by atoms with Crippen molar-refractivity contribution >= 4 is 28.5 Å². The third kappa shape index (κ3) is 5.48. The highest BCUT2D eigenvalue weighted by Crippen LogP contribution is 2.30. The van der Waals surface area contributed by atoms with Crippen molar-refractivity contribution in [2.24, 2.45) is 0 Å². The number of benzene rings is 3. The summed E-state index contributed by atoms with van der Waals surface area (Å²) in [6.07, 6.45) is 2.24. The molecule has 4 aromatic rings. The maximum atomic E-state index is 11.9. The number of H-pyrrole nitrogens is 1. The van der Waals surface area contributed by atoms with Crippen LogP contribution in [0, 0.1) is 0 Å². The van der Waals surface area contributed by atoms with Gasteiger partial charge in [-0.25, -0.2) is 0 Å². The average Bonchev–Trinajstić information content (AvgIpc) is 3.24. The van der Waals surface area contributed by atoms with Crippen molar-refractivity contribution in [2.45, 2.75) is 25.6 Å². The first-order chi connectivity index (χ1) is 16.0. The summed E-state index contributed by atoms with van der Waals surface area (Å²) in [4.78, 5) is 15.1. The quantitative estimate of drug-likeness (QED) is 0.300. The molecule has 170 valence electrons. The minimum absolute atomic E-state index is 0.319. The molecule has 4 rings (SSSR count). The van der Waals surface area contributed by atoms with Crippen molar-refractivity contribution in [3.05, 3.63) is 94.6 Å². The highest BCUT2D eigenvalue weighted by atomic mass is 35.5. The Morgan fingerprint density at radius 3 is 2.64 bits per heavy atom. The van der Waals surface area contributed by atoms with Crippen molar-refractivity contribution < 1.29 is 19.4 Å². The summed E-state index contributed by atoms with van der Waals surface area (Å²) >= 11 is 6.20. The van der Waals surface area contributed by atoms with Crippen LogP contribution < -0.4 is 14.8 Å². The lowest BCUT2D eigenvalue weighted by Gasteiger charge is -2.16. The van der Waals surface area contributed by atoms with E-state index in [1.165, 1.54) is 0 Å². The molecule has 0 fully saturated rings. The van der Waals surface area contributed by atoms with Gasteiger partial charge in [-0.2, -0.15) is 0 Å². The molecular weight excluding hydrogens is 440 g/mol. The van der Waals surface area contributed by atoms with Crippen LogP contribution in [-0.4, -0.2) is 29.2 Å². The maximum absolute atomic E-state index is 11.9. The van der Waals surface area contributed by atoms with Gasteiger partial charge in [-0.05, 0) is 35.4 Å². The van der Waals surface area contributed by atoms with E-state index >= 15 is 0 Å². The number of carboxylic acid groups (broad SMARTS) is 1. The van der Waals surface area contributed by atoms with Gasteiger partial charge in [-0.15, -0.1) is 0 Å². The van der Waals surface area contributed by atoms with Crippen molar-refractivity contribution in [1.29, 1.82) is 0 Å². The molecule has 1 atom stereocenters. The van der Waals surface area contributed by atoms with E-state index in [1.54, 1.807) is 7.11 Å². The predicted octanol–water partition coefficient (Wildman–Crippen LogP) is 5.19. The number of hydrogen-bond acceptors (Lipinski definition) is 4. The summed E-state index contributed by atoms with van der Waals surface area (Å²) in [5.74, 6) is 0.270. The average molecular weight is 465 g/mol. The molecule has 0 aliphatic heterocycles. The molecule has 3 aromatic carbocycles. The Balaban J connectivity index is 1.42. The molecule has 0 saturated heterocycles. The Hall–Kier alpha value is -3.48. The van der Waals surface area contributed by atoms with Gasteiger partial charge in [0.2, 0.25) is 0 Å². The second-order valence-electron chi connectivity index (χ2n) is 7.70. The smallest absolute Gasteiger partial charge is 0.321 e. The molecule has 0 aliphatic rings. The fourth-order valence-corrected chi connectivity index (χ4v) is 3.91. The molecule has 1 aromatic heterocycles. The molecule has 0 radical (unpaired) electrons. The number of carboxylic acids is 1. The number of para-hydroxylation sites is 1. The standard InChI is InChI=1S/C26H25ClN2O4/c1-32-25-12-17(10-11-24(25)33-16-18-6-2-4-8-21(18)27)14-28-23(26(30)31)13-19-15-29-22-9-5-3-7-20(19)22/h2-12,15,23,28-29H,13-14,16H2,1H3,(H,30,31). The van der Waals surface area contributed by atoms with E-state index in [0.29, 0.717) is 36.1 Å². The molecule has 33 heavy (non-hydrogen) atoms. The topological polar surface area (TPSA) is 83.6 Å². The molecule has 0 amide bonds. The minimum Gasteiger partial charge on any atom is -0.493 e. The van der Waals surface area contributed by atoms with Crippen LogP contribution in [0.4, 0.5) is 0 Å². The Kier molecular flexibility index (Phi) is 7.17. The number of aromatic nitrogens is 1. The minimum atomic E-state index is -0.896. The van der Waals surface area contributed by atoms with Crippen LogP contribution in [0.3, 0.4) is 0 Å². The summed E-state index contributed by atoms with van der Waals surface area (Å²) < 4.78 is 11.4. The second kappa shape index (κ2) is 10.4. The maximum Gasteiger partial charge on any atom is 0.321 e. The lowest BCUT2D eigenvalue weighted by Crippen LogP contribution is -2.38. The van der Waals surface area contributed by atoms with Crippen LogP contribution in [0.2, 0.25) is 5.02 Å². The number of nitrogens with one attached hydrogen (secondary N) is 2. The number of rotatable bonds is 10. The number of methoxy groups -OCH3 is 1. The SMILES string of the molecule is COc1cc(CNC(Cc2c[nH]c3ccccc23)C(=O)O)ccc1OCc1ccccc1Cl. The monoisotopic (exact) mass is 464 g/mol. The van der Waals surface area contributed by atoms with E-state index in [4.69, 9.17) is 21.1 Å². The molecule has 1 heterocycles. The van der Waals surface area contributed by atoms with Crippen molar-refractivity contribution in [3.63, 3.8) is 0 Å². The fraction of sp³-hybridized carbons (Fsp3) is 0.192. The van der Waals surface area contributed by atoms with Crippen LogP contribution >= 0.6 is 11.6 Å².